The lowest BCUT2D eigenvalue weighted by Crippen LogP contribution is -2.06. The number of nitrogens with zero attached hydrogens (tertiary/aromatic N) is 1. The predicted molar refractivity (Wildman–Crippen MR) is 39.4 cm³/mol. The zero-order chi connectivity index (χ0) is 8.27. The highest BCUT2D eigenvalue weighted by molar-refractivity contribution is 6.83. The summed E-state index contributed by atoms with van der Waals surface area (Å²) in [5.74, 6) is -0.722. The second-order valence-electron chi connectivity index (χ2n) is 1.84. The van der Waals surface area contributed by atoms with Crippen LogP contribution in [0.4, 0.5) is 0 Å². The van der Waals surface area contributed by atoms with Gasteiger partial charge < -0.3 is 0 Å². The topological polar surface area (TPSA) is 47.0 Å². The van der Waals surface area contributed by atoms with Crippen molar-refractivity contribution in [1.82, 2.24) is 4.98 Å². The van der Waals surface area contributed by atoms with Crippen molar-refractivity contribution in [3.8, 4) is 0 Å². The van der Waals surface area contributed by atoms with E-state index in [-0.39, 0.29) is 5.56 Å². The summed E-state index contributed by atoms with van der Waals surface area (Å²) >= 11 is 4.95. The van der Waals surface area contributed by atoms with Crippen LogP contribution in [-0.4, -0.2) is 16.0 Å². The van der Waals surface area contributed by atoms with Crippen molar-refractivity contribution in [3.05, 3.63) is 30.1 Å². The summed E-state index contributed by atoms with van der Waals surface area (Å²) < 4.78 is 0. The molecule has 0 amide bonds. The summed E-state index contributed by atoms with van der Waals surface area (Å²) in [4.78, 5) is 24.8. The summed E-state index contributed by atoms with van der Waals surface area (Å²) in [5, 5.41) is -0.988. The standard InChI is InChI=1S/C7H4ClNO2/c8-7(11)6(10)5-2-1-3-9-4-5/h1-4H. The normalized spacial score (nSPS) is 9.18. The van der Waals surface area contributed by atoms with E-state index in [0.29, 0.717) is 0 Å². The second-order valence-corrected chi connectivity index (χ2v) is 2.19. The predicted octanol–water partition coefficient (Wildman–Crippen LogP) is 1.03. The number of Topliss-reactive ketones (excluding diaryl/α,β-unsaturated/α-hetero) is 1. The zero-order valence-corrected chi connectivity index (χ0v) is 6.21. The van der Waals surface area contributed by atoms with Crippen LogP contribution >= 0.6 is 11.6 Å². The Morgan fingerprint density at radius 2 is 2.18 bits per heavy atom. The summed E-state index contributed by atoms with van der Waals surface area (Å²) in [6.45, 7) is 0. The Labute approximate surface area is 68.0 Å². The SMILES string of the molecule is O=C(Cl)C(=O)c1cccnc1. The van der Waals surface area contributed by atoms with Gasteiger partial charge >= 0.3 is 0 Å². The van der Waals surface area contributed by atoms with Gasteiger partial charge in [0, 0.05) is 18.0 Å². The molecule has 1 aromatic heterocycles. The lowest BCUT2D eigenvalue weighted by Gasteiger charge is -1.91. The van der Waals surface area contributed by atoms with Crippen LogP contribution in [-0.2, 0) is 4.79 Å². The molecule has 0 bridgehead atoms. The number of halogens is 1. The van der Waals surface area contributed by atoms with Crippen LogP contribution < -0.4 is 0 Å². The van der Waals surface area contributed by atoms with Gasteiger partial charge in [-0.1, -0.05) is 0 Å². The molecule has 0 fully saturated rings. The van der Waals surface area contributed by atoms with E-state index in [1.807, 2.05) is 0 Å². The monoisotopic (exact) mass is 169 g/mol. The molecule has 0 aliphatic carbocycles. The molecule has 0 spiro atoms. The molecule has 4 heteroatoms. The largest absolute Gasteiger partial charge is 0.293 e. The number of hydrogen-bond donors (Lipinski definition) is 0. The number of aromatic nitrogens is 1. The van der Waals surface area contributed by atoms with Crippen molar-refractivity contribution in [2.24, 2.45) is 0 Å². The molecular formula is C7H4ClNO2. The van der Waals surface area contributed by atoms with Crippen LogP contribution in [0.25, 0.3) is 0 Å². The highest BCUT2D eigenvalue weighted by Gasteiger charge is 2.12. The first-order valence-electron chi connectivity index (χ1n) is 2.86. The molecule has 1 aromatic rings. The van der Waals surface area contributed by atoms with Crippen molar-refractivity contribution in [2.75, 3.05) is 0 Å². The Hall–Kier alpha value is -1.22. The van der Waals surface area contributed by atoms with Crippen molar-refractivity contribution in [3.63, 3.8) is 0 Å². The van der Waals surface area contributed by atoms with E-state index in [1.165, 1.54) is 18.5 Å². The fourth-order valence-electron chi connectivity index (χ4n) is 0.611. The second kappa shape index (κ2) is 3.25. The summed E-state index contributed by atoms with van der Waals surface area (Å²) in [7, 11) is 0. The van der Waals surface area contributed by atoms with Crippen molar-refractivity contribution < 1.29 is 9.59 Å². The minimum atomic E-state index is -0.988. The molecule has 0 aromatic carbocycles. The Bertz CT molecular complexity index is 284. The molecule has 1 rings (SSSR count). The number of ketones is 1. The van der Waals surface area contributed by atoms with Gasteiger partial charge in [0.15, 0.2) is 0 Å². The number of hydrogen-bond acceptors (Lipinski definition) is 3. The molecule has 0 radical (unpaired) electrons. The van der Waals surface area contributed by atoms with Crippen LogP contribution in [0.15, 0.2) is 24.5 Å². The molecule has 0 aliphatic rings. The highest BCUT2D eigenvalue weighted by atomic mass is 35.5. The van der Waals surface area contributed by atoms with Gasteiger partial charge in [0.25, 0.3) is 5.24 Å². The number of carbonyl (C=O) groups is 2. The molecule has 0 unspecified atom stereocenters. The van der Waals surface area contributed by atoms with Gasteiger partial charge in [0.2, 0.25) is 5.78 Å². The van der Waals surface area contributed by atoms with Crippen molar-refractivity contribution in [2.45, 2.75) is 0 Å². The number of pyridine rings is 1. The zero-order valence-electron chi connectivity index (χ0n) is 5.45. The van der Waals surface area contributed by atoms with E-state index >= 15 is 0 Å². The molecule has 0 atom stereocenters. The molecule has 56 valence electrons. The first-order chi connectivity index (χ1) is 5.22. The minimum absolute atomic E-state index is 0.215. The third kappa shape index (κ3) is 1.85. The molecule has 11 heavy (non-hydrogen) atoms. The fourth-order valence-corrected chi connectivity index (χ4v) is 0.720. The van der Waals surface area contributed by atoms with Crippen LogP contribution in [0.1, 0.15) is 10.4 Å². The maximum absolute atomic E-state index is 10.8. The van der Waals surface area contributed by atoms with Gasteiger partial charge in [-0.05, 0) is 23.7 Å². The summed E-state index contributed by atoms with van der Waals surface area (Å²) in [6.07, 6.45) is 2.80. The van der Waals surface area contributed by atoms with Gasteiger partial charge in [-0.15, -0.1) is 0 Å². The molecular weight excluding hydrogens is 166 g/mol. The van der Waals surface area contributed by atoms with Gasteiger partial charge in [-0.2, -0.15) is 0 Å². The van der Waals surface area contributed by atoms with Crippen LogP contribution in [0.3, 0.4) is 0 Å². The average molecular weight is 170 g/mol. The molecule has 3 nitrogen and oxygen atoms in total. The van der Waals surface area contributed by atoms with E-state index in [4.69, 9.17) is 11.6 Å². The summed E-state index contributed by atoms with van der Waals surface area (Å²) in [6, 6.07) is 3.04. The van der Waals surface area contributed by atoms with Crippen molar-refractivity contribution in [1.29, 1.82) is 0 Å². The van der Waals surface area contributed by atoms with Gasteiger partial charge in [0.1, 0.15) is 0 Å². The van der Waals surface area contributed by atoms with E-state index in [9.17, 15) is 9.59 Å². The smallest absolute Gasteiger partial charge is 0.284 e. The first kappa shape index (κ1) is 7.88. The Kier molecular flexibility index (Phi) is 2.33. The quantitative estimate of drug-likeness (QED) is 0.377. The third-order valence-electron chi connectivity index (χ3n) is 1.10. The Balaban J connectivity index is 2.95. The number of carbonyl (C=O) groups excluding carboxylic acids is 2. The van der Waals surface area contributed by atoms with Gasteiger partial charge in [0.05, 0.1) is 0 Å². The molecule has 0 saturated heterocycles. The van der Waals surface area contributed by atoms with E-state index in [1.54, 1.807) is 6.07 Å². The molecule has 0 aliphatic heterocycles. The van der Waals surface area contributed by atoms with Crippen molar-refractivity contribution >= 4 is 22.6 Å². The molecule has 0 N–H and O–H groups in total. The van der Waals surface area contributed by atoms with Crippen LogP contribution in [0.2, 0.25) is 0 Å². The Morgan fingerprint density at radius 3 is 2.64 bits per heavy atom. The Morgan fingerprint density at radius 1 is 1.45 bits per heavy atom. The fraction of sp³-hybridized carbons (Fsp3) is 0. The lowest BCUT2D eigenvalue weighted by molar-refractivity contribution is -0.108. The lowest BCUT2D eigenvalue weighted by atomic mass is 10.2. The third-order valence-corrected chi connectivity index (χ3v) is 1.27. The minimum Gasteiger partial charge on any atom is -0.284 e. The van der Waals surface area contributed by atoms with E-state index in [2.05, 4.69) is 4.98 Å². The maximum atomic E-state index is 10.8. The van der Waals surface area contributed by atoms with E-state index < -0.39 is 11.0 Å². The average Bonchev–Trinajstić information content (AvgIpc) is 2.05. The molecule has 0 saturated carbocycles. The maximum Gasteiger partial charge on any atom is 0.293 e. The summed E-state index contributed by atoms with van der Waals surface area (Å²) in [5.41, 5.74) is 0.215. The van der Waals surface area contributed by atoms with E-state index in [0.717, 1.165) is 0 Å². The van der Waals surface area contributed by atoms with Crippen LogP contribution in [0.5, 0.6) is 0 Å². The first-order valence-corrected chi connectivity index (χ1v) is 3.24. The highest BCUT2D eigenvalue weighted by Crippen LogP contribution is 1.99. The number of rotatable bonds is 2. The molecule has 1 heterocycles. The van der Waals surface area contributed by atoms with Gasteiger partial charge in [-0.25, -0.2) is 0 Å². The van der Waals surface area contributed by atoms with Gasteiger partial charge in [-0.3, -0.25) is 14.6 Å². The van der Waals surface area contributed by atoms with Crippen LogP contribution in [0, 0.1) is 0 Å².